The molecule has 1 saturated heterocycles. The lowest BCUT2D eigenvalue weighted by Crippen LogP contribution is -2.35. The molecule has 8 heteroatoms. The summed E-state index contributed by atoms with van der Waals surface area (Å²) in [4.78, 5) is 21.1. The molecule has 0 unspecified atom stereocenters. The van der Waals surface area contributed by atoms with E-state index in [1.54, 1.807) is 13.3 Å². The van der Waals surface area contributed by atoms with Crippen molar-refractivity contribution in [2.24, 2.45) is 0 Å². The van der Waals surface area contributed by atoms with Crippen LogP contribution < -0.4 is 26.0 Å². The monoisotopic (exact) mass is 494 g/mol. The number of hydrogen-bond acceptors (Lipinski definition) is 7. The lowest BCUT2D eigenvalue weighted by Gasteiger charge is -2.25. The van der Waals surface area contributed by atoms with Gasteiger partial charge in [0.1, 0.15) is 5.75 Å². The average molecular weight is 495 g/mol. The minimum absolute atomic E-state index is 0.255. The molecule has 2 heterocycles. The highest BCUT2D eigenvalue weighted by molar-refractivity contribution is 6.00. The first-order valence-corrected chi connectivity index (χ1v) is 12.3. The maximum atomic E-state index is 11.8. The van der Waals surface area contributed by atoms with E-state index in [4.69, 9.17) is 9.72 Å². The van der Waals surface area contributed by atoms with Gasteiger partial charge in [0.05, 0.1) is 18.3 Å². The first-order chi connectivity index (χ1) is 18.1. The Morgan fingerprint density at radius 1 is 1.08 bits per heavy atom. The summed E-state index contributed by atoms with van der Waals surface area (Å²) in [5.74, 6) is 0.921. The third-order valence-electron chi connectivity index (χ3n) is 6.40. The highest BCUT2D eigenvalue weighted by Gasteiger charge is 2.15. The number of para-hydroxylation sites is 1. The van der Waals surface area contributed by atoms with Gasteiger partial charge in [-0.15, -0.1) is 0 Å². The van der Waals surface area contributed by atoms with Crippen LogP contribution in [0.5, 0.6) is 5.75 Å². The number of hydrogen-bond donors (Lipinski definition) is 4. The van der Waals surface area contributed by atoms with Gasteiger partial charge in [-0.2, -0.15) is 0 Å². The Morgan fingerprint density at radius 2 is 1.92 bits per heavy atom. The van der Waals surface area contributed by atoms with Crippen LogP contribution in [-0.2, 0) is 4.79 Å². The van der Waals surface area contributed by atoms with Crippen LogP contribution in [-0.4, -0.2) is 42.1 Å². The number of carbonyl (C=O) groups excluding carboxylic acids is 1. The quantitative estimate of drug-likeness (QED) is 0.245. The van der Waals surface area contributed by atoms with Crippen LogP contribution in [0.4, 0.5) is 23.0 Å². The van der Waals surface area contributed by atoms with E-state index in [0.29, 0.717) is 23.4 Å². The SMILES string of the molecule is C=CC(=O)Nc1cccc(-c2cccc3cnc(Nc4ccc(NC5CCNCC5)cc4OC)nc23)c1. The molecule has 1 aliphatic heterocycles. The number of amides is 1. The molecule has 4 N–H and O–H groups in total. The Morgan fingerprint density at radius 3 is 2.73 bits per heavy atom. The van der Waals surface area contributed by atoms with Crippen molar-refractivity contribution in [1.29, 1.82) is 0 Å². The summed E-state index contributed by atoms with van der Waals surface area (Å²) in [5, 5.41) is 14.0. The van der Waals surface area contributed by atoms with Gasteiger partial charge < -0.3 is 26.0 Å². The molecule has 0 radical (unpaired) electrons. The molecule has 1 fully saturated rings. The van der Waals surface area contributed by atoms with Crippen LogP contribution in [0.25, 0.3) is 22.0 Å². The van der Waals surface area contributed by atoms with Crippen molar-refractivity contribution in [3.8, 4) is 16.9 Å². The number of benzene rings is 3. The fraction of sp³-hybridized carbons (Fsp3) is 0.207. The summed E-state index contributed by atoms with van der Waals surface area (Å²) in [6, 6.07) is 20.1. The van der Waals surface area contributed by atoms with Crippen LogP contribution in [0.1, 0.15) is 12.8 Å². The zero-order chi connectivity index (χ0) is 25.6. The van der Waals surface area contributed by atoms with E-state index in [0.717, 1.165) is 59.3 Å². The van der Waals surface area contributed by atoms with Gasteiger partial charge in [-0.1, -0.05) is 36.9 Å². The van der Waals surface area contributed by atoms with Gasteiger partial charge in [-0.3, -0.25) is 4.79 Å². The third kappa shape index (κ3) is 5.70. The summed E-state index contributed by atoms with van der Waals surface area (Å²) in [5.41, 5.74) is 5.17. The molecule has 0 atom stereocenters. The molecule has 0 aliphatic carbocycles. The molecule has 0 spiro atoms. The number of ether oxygens (including phenoxy) is 1. The van der Waals surface area contributed by atoms with Crippen LogP contribution in [0.3, 0.4) is 0 Å². The standard InChI is InChI=1S/C29H30N6O2/c1-3-27(36)33-22-8-4-6-19(16-22)24-9-5-7-20-18-31-29(35-28(20)24)34-25-11-10-23(17-26(25)37-2)32-21-12-14-30-15-13-21/h3-11,16-18,21,30,32H,1,12-15H2,2H3,(H,33,36)(H,31,34,35). The summed E-state index contributed by atoms with van der Waals surface area (Å²) < 4.78 is 5.67. The predicted molar refractivity (Wildman–Crippen MR) is 150 cm³/mol. The summed E-state index contributed by atoms with van der Waals surface area (Å²) in [6.07, 6.45) is 5.25. The normalized spacial score (nSPS) is 13.6. The molecule has 37 heavy (non-hydrogen) atoms. The molecule has 4 aromatic rings. The van der Waals surface area contributed by atoms with Gasteiger partial charge >= 0.3 is 0 Å². The fourth-order valence-corrected chi connectivity index (χ4v) is 4.51. The Labute approximate surface area is 216 Å². The van der Waals surface area contributed by atoms with E-state index < -0.39 is 0 Å². The minimum atomic E-state index is -0.255. The summed E-state index contributed by atoms with van der Waals surface area (Å²) in [7, 11) is 1.66. The number of nitrogens with zero attached hydrogens (tertiary/aromatic N) is 2. The first kappa shape index (κ1) is 24.3. The smallest absolute Gasteiger partial charge is 0.247 e. The van der Waals surface area contributed by atoms with E-state index in [1.807, 2.05) is 60.7 Å². The molecule has 188 valence electrons. The van der Waals surface area contributed by atoms with Gasteiger partial charge in [0.15, 0.2) is 0 Å². The van der Waals surface area contributed by atoms with Crippen LogP contribution in [0.2, 0.25) is 0 Å². The Balaban J connectivity index is 1.42. The van der Waals surface area contributed by atoms with E-state index in [2.05, 4.69) is 32.8 Å². The van der Waals surface area contributed by atoms with Crippen molar-refractivity contribution in [2.45, 2.75) is 18.9 Å². The number of fused-ring (bicyclic) bond motifs is 1. The Kier molecular flexibility index (Phi) is 7.28. The molecule has 1 aromatic heterocycles. The molecule has 1 aliphatic rings. The number of nitrogens with one attached hydrogen (secondary N) is 4. The Hall–Kier alpha value is -4.43. The van der Waals surface area contributed by atoms with Crippen LogP contribution in [0.15, 0.2) is 79.5 Å². The van der Waals surface area contributed by atoms with Crippen LogP contribution >= 0.6 is 0 Å². The molecule has 1 amide bonds. The highest BCUT2D eigenvalue weighted by Crippen LogP contribution is 2.33. The summed E-state index contributed by atoms with van der Waals surface area (Å²) >= 11 is 0. The van der Waals surface area contributed by atoms with Crippen molar-refractivity contribution >= 4 is 39.8 Å². The second-order valence-electron chi connectivity index (χ2n) is 8.92. The number of rotatable bonds is 8. The Bertz CT molecular complexity index is 1430. The lowest BCUT2D eigenvalue weighted by atomic mass is 10.0. The fourth-order valence-electron chi connectivity index (χ4n) is 4.51. The van der Waals surface area contributed by atoms with Crippen molar-refractivity contribution in [3.05, 3.63) is 79.5 Å². The predicted octanol–water partition coefficient (Wildman–Crippen LogP) is 5.34. The summed E-state index contributed by atoms with van der Waals surface area (Å²) in [6.45, 7) is 5.58. The topological polar surface area (TPSA) is 100 Å². The number of carbonyl (C=O) groups is 1. The van der Waals surface area contributed by atoms with Gasteiger partial charge in [0.25, 0.3) is 0 Å². The zero-order valence-corrected chi connectivity index (χ0v) is 20.8. The largest absolute Gasteiger partial charge is 0.494 e. The van der Waals surface area contributed by atoms with Crippen molar-refractivity contribution in [3.63, 3.8) is 0 Å². The van der Waals surface area contributed by atoms with E-state index in [-0.39, 0.29) is 5.91 Å². The molecule has 3 aromatic carbocycles. The van der Waals surface area contributed by atoms with Gasteiger partial charge in [0.2, 0.25) is 11.9 Å². The van der Waals surface area contributed by atoms with E-state index in [9.17, 15) is 4.79 Å². The molecule has 5 rings (SSSR count). The maximum Gasteiger partial charge on any atom is 0.247 e. The number of anilines is 4. The van der Waals surface area contributed by atoms with Crippen molar-refractivity contribution in [2.75, 3.05) is 36.1 Å². The minimum Gasteiger partial charge on any atom is -0.494 e. The van der Waals surface area contributed by atoms with Gasteiger partial charge in [-0.05, 0) is 61.8 Å². The second-order valence-corrected chi connectivity index (χ2v) is 8.92. The third-order valence-corrected chi connectivity index (χ3v) is 6.40. The van der Waals surface area contributed by atoms with Crippen molar-refractivity contribution < 1.29 is 9.53 Å². The van der Waals surface area contributed by atoms with Gasteiger partial charge in [-0.25, -0.2) is 9.97 Å². The van der Waals surface area contributed by atoms with Crippen LogP contribution in [0, 0.1) is 0 Å². The van der Waals surface area contributed by atoms with Crippen molar-refractivity contribution in [1.82, 2.24) is 15.3 Å². The first-order valence-electron chi connectivity index (χ1n) is 12.3. The van der Waals surface area contributed by atoms with Gasteiger partial charge in [0, 0.05) is 40.6 Å². The second kappa shape index (κ2) is 11.1. The number of methoxy groups -OCH3 is 1. The number of piperidine rings is 1. The molecule has 8 nitrogen and oxygen atoms in total. The zero-order valence-electron chi connectivity index (χ0n) is 20.8. The number of aromatic nitrogens is 2. The highest BCUT2D eigenvalue weighted by atomic mass is 16.5. The maximum absolute atomic E-state index is 11.8. The molecule has 0 bridgehead atoms. The average Bonchev–Trinajstić information content (AvgIpc) is 2.94. The molecular formula is C29H30N6O2. The molecular weight excluding hydrogens is 464 g/mol. The lowest BCUT2D eigenvalue weighted by molar-refractivity contribution is -0.111. The van der Waals surface area contributed by atoms with E-state index >= 15 is 0 Å². The van der Waals surface area contributed by atoms with E-state index in [1.165, 1.54) is 6.08 Å². The molecule has 0 saturated carbocycles.